The molecule has 1 aliphatic rings. The fraction of sp³-hybridized carbons (Fsp3) is 0.545. The van der Waals surface area contributed by atoms with Crippen LogP contribution in [-0.4, -0.2) is 59.8 Å². The minimum Gasteiger partial charge on any atom is -0.390 e. The van der Waals surface area contributed by atoms with Crippen LogP contribution in [0.5, 0.6) is 0 Å². The van der Waals surface area contributed by atoms with Crippen molar-refractivity contribution in [1.29, 1.82) is 0 Å². The summed E-state index contributed by atoms with van der Waals surface area (Å²) in [6.45, 7) is 10.7. The lowest BCUT2D eigenvalue weighted by Crippen LogP contribution is -2.40. The number of hydrogen-bond donors (Lipinski definition) is 3. The van der Waals surface area contributed by atoms with Gasteiger partial charge in [-0.1, -0.05) is 24.3 Å². The molecule has 0 spiro atoms. The Balaban J connectivity index is 1.45. The van der Waals surface area contributed by atoms with E-state index in [4.69, 9.17) is 0 Å². The van der Waals surface area contributed by atoms with Gasteiger partial charge in [-0.2, -0.15) is 0 Å². The number of fused-ring (bicyclic) bond motifs is 1. The van der Waals surface area contributed by atoms with Crippen LogP contribution in [0.1, 0.15) is 33.6 Å². The Bertz CT molecular complexity index is 800. The van der Waals surface area contributed by atoms with Crippen molar-refractivity contribution < 1.29 is 5.11 Å². The van der Waals surface area contributed by atoms with E-state index in [2.05, 4.69) is 63.6 Å². The first-order valence-corrected chi connectivity index (χ1v) is 11.3. The number of β-amino-alcohol motifs (C(OH)–C–C–N with tert-alkyl or cyclic N) is 1. The second-order valence-electron chi connectivity index (χ2n) is 7.55. The Labute approximate surface area is 178 Å². The maximum absolute atomic E-state index is 10.5. The fourth-order valence-corrected chi connectivity index (χ4v) is 4.47. The Morgan fingerprint density at radius 2 is 2.07 bits per heavy atom. The van der Waals surface area contributed by atoms with Gasteiger partial charge in [0.15, 0.2) is 5.96 Å². The van der Waals surface area contributed by atoms with Crippen LogP contribution in [0.25, 0.3) is 0 Å². The average molecular weight is 416 g/mol. The molecular weight excluding hydrogens is 382 g/mol. The monoisotopic (exact) mass is 415 g/mol. The second kappa shape index (κ2) is 10.7. The summed E-state index contributed by atoms with van der Waals surface area (Å²) in [7, 11) is 0. The minimum atomic E-state index is -0.472. The van der Waals surface area contributed by atoms with Gasteiger partial charge in [0.05, 0.1) is 23.4 Å². The number of nitrogens with one attached hydrogen (secondary N) is 2. The van der Waals surface area contributed by atoms with Gasteiger partial charge in [-0.05, 0) is 38.3 Å². The van der Waals surface area contributed by atoms with Crippen molar-refractivity contribution >= 4 is 17.3 Å². The topological polar surface area (TPSA) is 72.8 Å². The number of aryl methyl sites for hydroxylation is 2. The maximum Gasteiger partial charge on any atom is 0.191 e. The Hall–Kier alpha value is -1.96. The number of nitrogens with zero attached hydrogens (tertiary/aromatic N) is 3. The van der Waals surface area contributed by atoms with Crippen LogP contribution in [0.2, 0.25) is 0 Å². The smallest absolute Gasteiger partial charge is 0.191 e. The van der Waals surface area contributed by atoms with Crippen LogP contribution in [0.3, 0.4) is 0 Å². The number of rotatable bonds is 8. The van der Waals surface area contributed by atoms with Gasteiger partial charge in [-0.15, -0.1) is 11.3 Å². The zero-order valence-corrected chi connectivity index (χ0v) is 18.6. The molecule has 1 aromatic carbocycles. The average Bonchev–Trinajstić information content (AvgIpc) is 3.03. The summed E-state index contributed by atoms with van der Waals surface area (Å²) in [5.41, 5.74) is 3.92. The van der Waals surface area contributed by atoms with Crippen molar-refractivity contribution in [3.05, 3.63) is 51.0 Å². The molecule has 0 bridgehead atoms. The van der Waals surface area contributed by atoms with Crippen LogP contribution >= 0.6 is 11.3 Å². The number of guanidine groups is 1. The standard InChI is InChI=1S/C22H33N5OS/c1-4-23-22(24-11-9-21-26-16(2)17(3)29-21)25-13-20(28)15-27-12-10-18-7-5-6-8-19(18)14-27/h5-8,20,28H,4,9-15H2,1-3H3,(H2,23,24,25). The van der Waals surface area contributed by atoms with Gasteiger partial charge >= 0.3 is 0 Å². The number of hydrogen-bond acceptors (Lipinski definition) is 5. The summed E-state index contributed by atoms with van der Waals surface area (Å²) in [6, 6.07) is 8.58. The largest absolute Gasteiger partial charge is 0.390 e. The van der Waals surface area contributed by atoms with Gasteiger partial charge in [-0.3, -0.25) is 9.89 Å². The Kier molecular flexibility index (Phi) is 8.03. The van der Waals surface area contributed by atoms with Crippen molar-refractivity contribution in [3.8, 4) is 0 Å². The number of thiazole rings is 1. The molecule has 2 aromatic rings. The molecule has 0 fully saturated rings. The highest BCUT2D eigenvalue weighted by molar-refractivity contribution is 7.11. The summed E-state index contributed by atoms with van der Waals surface area (Å²) < 4.78 is 0. The van der Waals surface area contributed by atoms with Crippen LogP contribution in [-0.2, 0) is 19.4 Å². The van der Waals surface area contributed by atoms with Crippen molar-refractivity contribution in [1.82, 2.24) is 20.5 Å². The molecule has 0 aliphatic carbocycles. The van der Waals surface area contributed by atoms with E-state index in [1.807, 2.05) is 6.92 Å². The number of aromatic nitrogens is 1. The van der Waals surface area contributed by atoms with E-state index in [1.165, 1.54) is 16.0 Å². The van der Waals surface area contributed by atoms with Gasteiger partial charge in [0.25, 0.3) is 0 Å². The third kappa shape index (κ3) is 6.52. The van der Waals surface area contributed by atoms with E-state index in [0.29, 0.717) is 13.1 Å². The second-order valence-corrected chi connectivity index (χ2v) is 8.84. The molecule has 1 atom stereocenters. The first-order chi connectivity index (χ1) is 14.0. The van der Waals surface area contributed by atoms with Crippen molar-refractivity contribution in [2.45, 2.75) is 46.3 Å². The summed E-state index contributed by atoms with van der Waals surface area (Å²) in [4.78, 5) is 12.8. The molecule has 29 heavy (non-hydrogen) atoms. The first kappa shape index (κ1) is 21.7. The van der Waals surface area contributed by atoms with Crippen molar-refractivity contribution in [2.75, 3.05) is 32.7 Å². The Morgan fingerprint density at radius 3 is 2.79 bits per heavy atom. The van der Waals surface area contributed by atoms with Crippen molar-refractivity contribution in [3.63, 3.8) is 0 Å². The lowest BCUT2D eigenvalue weighted by Gasteiger charge is -2.30. The molecule has 7 heteroatoms. The number of aliphatic imine (C=N–C) groups is 1. The highest BCUT2D eigenvalue weighted by Gasteiger charge is 2.18. The highest BCUT2D eigenvalue weighted by Crippen LogP contribution is 2.18. The number of aliphatic hydroxyl groups excluding tert-OH is 1. The Morgan fingerprint density at radius 1 is 1.28 bits per heavy atom. The lowest BCUT2D eigenvalue weighted by atomic mass is 10.00. The molecule has 2 heterocycles. The van der Waals surface area contributed by atoms with Gasteiger partial charge in [0, 0.05) is 44.0 Å². The number of aliphatic hydroxyl groups is 1. The SMILES string of the molecule is CCNC(=NCC(O)CN1CCc2ccccc2C1)NCCc1nc(C)c(C)s1. The minimum absolute atomic E-state index is 0.392. The zero-order valence-electron chi connectivity index (χ0n) is 17.7. The molecule has 158 valence electrons. The summed E-state index contributed by atoms with van der Waals surface area (Å²) in [6.07, 6.45) is 1.45. The van der Waals surface area contributed by atoms with Gasteiger partial charge in [0.1, 0.15) is 0 Å². The quantitative estimate of drug-likeness (QED) is 0.456. The molecule has 0 radical (unpaired) electrons. The van der Waals surface area contributed by atoms with E-state index in [0.717, 1.165) is 55.7 Å². The van der Waals surface area contributed by atoms with E-state index < -0.39 is 6.10 Å². The van der Waals surface area contributed by atoms with E-state index in [9.17, 15) is 5.11 Å². The molecule has 3 N–H and O–H groups in total. The van der Waals surface area contributed by atoms with Gasteiger partial charge in [0.2, 0.25) is 0 Å². The zero-order chi connectivity index (χ0) is 20.6. The maximum atomic E-state index is 10.5. The van der Waals surface area contributed by atoms with Crippen LogP contribution in [0, 0.1) is 13.8 Å². The molecule has 6 nitrogen and oxygen atoms in total. The summed E-state index contributed by atoms with van der Waals surface area (Å²) >= 11 is 1.76. The van der Waals surface area contributed by atoms with Gasteiger partial charge < -0.3 is 15.7 Å². The summed E-state index contributed by atoms with van der Waals surface area (Å²) in [5, 5.41) is 18.2. The van der Waals surface area contributed by atoms with Gasteiger partial charge in [-0.25, -0.2) is 4.98 Å². The first-order valence-electron chi connectivity index (χ1n) is 10.5. The third-order valence-electron chi connectivity index (χ3n) is 5.19. The highest BCUT2D eigenvalue weighted by atomic mass is 32.1. The summed E-state index contributed by atoms with van der Waals surface area (Å²) in [5.74, 6) is 0.750. The third-order valence-corrected chi connectivity index (χ3v) is 6.32. The molecule has 1 unspecified atom stereocenters. The van der Waals surface area contributed by atoms with E-state index in [1.54, 1.807) is 11.3 Å². The molecule has 1 aromatic heterocycles. The van der Waals surface area contributed by atoms with Crippen LogP contribution in [0.15, 0.2) is 29.3 Å². The molecule has 0 saturated carbocycles. The van der Waals surface area contributed by atoms with Crippen LogP contribution in [0.4, 0.5) is 0 Å². The normalized spacial score (nSPS) is 15.8. The molecule has 0 saturated heterocycles. The molecule has 1 aliphatic heterocycles. The molecule has 3 rings (SSSR count). The number of benzene rings is 1. The predicted octanol–water partition coefficient (Wildman–Crippen LogP) is 2.28. The lowest BCUT2D eigenvalue weighted by molar-refractivity contribution is 0.111. The van der Waals surface area contributed by atoms with E-state index >= 15 is 0 Å². The predicted molar refractivity (Wildman–Crippen MR) is 121 cm³/mol. The van der Waals surface area contributed by atoms with Crippen LogP contribution < -0.4 is 10.6 Å². The van der Waals surface area contributed by atoms with Crippen molar-refractivity contribution in [2.24, 2.45) is 4.99 Å². The van der Waals surface area contributed by atoms with E-state index in [-0.39, 0.29) is 0 Å². The molecule has 0 amide bonds. The fourth-order valence-electron chi connectivity index (χ4n) is 3.54. The molecular formula is C22H33N5OS.